The lowest BCUT2D eigenvalue weighted by Crippen LogP contribution is -2.24. The van der Waals surface area contributed by atoms with Crippen molar-refractivity contribution in [1.29, 1.82) is 0 Å². The van der Waals surface area contributed by atoms with Crippen LogP contribution in [0.4, 0.5) is 4.39 Å². The normalized spacial score (nSPS) is 20.2. The molecule has 0 bridgehead atoms. The first-order valence-corrected chi connectivity index (χ1v) is 6.01. The number of aromatic hydroxyl groups is 2. The van der Waals surface area contributed by atoms with E-state index in [9.17, 15) is 14.6 Å². The Kier molecular flexibility index (Phi) is 3.35. The fourth-order valence-corrected chi connectivity index (χ4v) is 2.55. The van der Waals surface area contributed by atoms with Crippen LogP contribution in [0.2, 0.25) is 0 Å². The van der Waals surface area contributed by atoms with E-state index in [2.05, 4.69) is 21.2 Å². The minimum Gasteiger partial charge on any atom is -0.504 e. The van der Waals surface area contributed by atoms with Gasteiger partial charge in [-0.1, -0.05) is 15.9 Å². The van der Waals surface area contributed by atoms with E-state index in [-0.39, 0.29) is 6.04 Å². The van der Waals surface area contributed by atoms with Crippen LogP contribution in [0.25, 0.3) is 0 Å². The van der Waals surface area contributed by atoms with Crippen LogP contribution in [0, 0.1) is 5.82 Å². The highest BCUT2D eigenvalue weighted by molar-refractivity contribution is 9.10. The predicted octanol–water partition coefficient (Wildman–Crippen LogP) is 2.29. The number of hydrogen-bond acceptors (Lipinski definition) is 3. The highest BCUT2D eigenvalue weighted by Gasteiger charge is 2.21. The van der Waals surface area contributed by atoms with Gasteiger partial charge >= 0.3 is 0 Å². The molecule has 1 heterocycles. The molecular formula is C11H13BrFNO2. The molecule has 0 saturated carbocycles. The van der Waals surface area contributed by atoms with E-state index in [1.165, 1.54) is 6.07 Å². The minimum absolute atomic E-state index is 0.245. The quantitative estimate of drug-likeness (QED) is 0.733. The van der Waals surface area contributed by atoms with Crippen molar-refractivity contribution in [1.82, 2.24) is 5.32 Å². The number of halogens is 2. The van der Waals surface area contributed by atoms with Gasteiger partial charge in [0.05, 0.1) is 0 Å². The van der Waals surface area contributed by atoms with Crippen molar-refractivity contribution in [3.05, 3.63) is 21.9 Å². The standard InChI is InChI=1S/C11H13BrFNO2/c12-8-5-9(15)11(16)10(13)7(8)4-6-2-1-3-14-6/h5-6,14-16H,1-4H2. The molecule has 0 amide bonds. The van der Waals surface area contributed by atoms with Crippen LogP contribution in [0.1, 0.15) is 18.4 Å². The van der Waals surface area contributed by atoms with Crippen LogP contribution in [-0.4, -0.2) is 22.8 Å². The fourth-order valence-electron chi connectivity index (χ4n) is 2.00. The third kappa shape index (κ3) is 2.15. The third-order valence-electron chi connectivity index (χ3n) is 2.88. The highest BCUT2D eigenvalue weighted by Crippen LogP contribution is 2.36. The first-order valence-electron chi connectivity index (χ1n) is 5.21. The Morgan fingerprint density at radius 1 is 1.50 bits per heavy atom. The zero-order valence-electron chi connectivity index (χ0n) is 8.63. The predicted molar refractivity (Wildman–Crippen MR) is 62.2 cm³/mol. The van der Waals surface area contributed by atoms with Gasteiger partial charge < -0.3 is 15.5 Å². The van der Waals surface area contributed by atoms with Crippen LogP contribution in [0.3, 0.4) is 0 Å². The van der Waals surface area contributed by atoms with Crippen LogP contribution in [-0.2, 0) is 6.42 Å². The second-order valence-corrected chi connectivity index (χ2v) is 4.87. The van der Waals surface area contributed by atoms with E-state index in [0.717, 1.165) is 19.4 Å². The van der Waals surface area contributed by atoms with E-state index in [4.69, 9.17) is 0 Å². The van der Waals surface area contributed by atoms with Crippen molar-refractivity contribution >= 4 is 15.9 Å². The molecule has 1 atom stereocenters. The summed E-state index contributed by atoms with van der Waals surface area (Å²) in [4.78, 5) is 0. The molecule has 0 aromatic heterocycles. The molecule has 5 heteroatoms. The molecule has 1 aromatic rings. The topological polar surface area (TPSA) is 52.5 Å². The summed E-state index contributed by atoms with van der Waals surface area (Å²) in [6.45, 7) is 0.952. The van der Waals surface area contributed by atoms with Gasteiger partial charge in [-0.25, -0.2) is 4.39 Å². The van der Waals surface area contributed by atoms with Crippen molar-refractivity contribution in [3.63, 3.8) is 0 Å². The van der Waals surface area contributed by atoms with E-state index in [1.807, 2.05) is 0 Å². The largest absolute Gasteiger partial charge is 0.504 e. The van der Waals surface area contributed by atoms with Gasteiger partial charge in [-0.2, -0.15) is 0 Å². The van der Waals surface area contributed by atoms with Crippen molar-refractivity contribution in [3.8, 4) is 11.5 Å². The summed E-state index contributed by atoms with van der Waals surface area (Å²) in [6.07, 6.45) is 2.61. The molecule has 0 aliphatic carbocycles. The summed E-state index contributed by atoms with van der Waals surface area (Å²) in [7, 11) is 0. The lowest BCUT2D eigenvalue weighted by Gasteiger charge is -2.13. The van der Waals surface area contributed by atoms with Crippen LogP contribution >= 0.6 is 15.9 Å². The molecule has 3 nitrogen and oxygen atoms in total. The zero-order chi connectivity index (χ0) is 11.7. The van der Waals surface area contributed by atoms with E-state index in [1.54, 1.807) is 0 Å². The third-order valence-corrected chi connectivity index (χ3v) is 3.59. The van der Waals surface area contributed by atoms with Crippen molar-refractivity contribution in [2.45, 2.75) is 25.3 Å². The Hall–Kier alpha value is -0.810. The van der Waals surface area contributed by atoms with Gasteiger partial charge in [0.1, 0.15) is 0 Å². The molecule has 1 saturated heterocycles. The molecule has 1 fully saturated rings. The van der Waals surface area contributed by atoms with Crippen molar-refractivity contribution < 1.29 is 14.6 Å². The Morgan fingerprint density at radius 2 is 2.25 bits per heavy atom. The number of benzene rings is 1. The van der Waals surface area contributed by atoms with Crippen molar-refractivity contribution in [2.24, 2.45) is 0 Å². The monoisotopic (exact) mass is 289 g/mol. The van der Waals surface area contributed by atoms with Gasteiger partial charge in [0.2, 0.25) is 0 Å². The van der Waals surface area contributed by atoms with E-state index in [0.29, 0.717) is 16.5 Å². The molecule has 2 rings (SSSR count). The first-order chi connectivity index (χ1) is 7.59. The molecule has 1 aliphatic heterocycles. The zero-order valence-corrected chi connectivity index (χ0v) is 10.2. The Morgan fingerprint density at radius 3 is 2.88 bits per heavy atom. The average Bonchev–Trinajstić information content (AvgIpc) is 2.74. The maximum Gasteiger partial charge on any atom is 0.194 e. The maximum absolute atomic E-state index is 13.7. The highest BCUT2D eigenvalue weighted by atomic mass is 79.9. The Bertz CT molecular complexity index is 405. The Labute approximate surface area is 101 Å². The van der Waals surface area contributed by atoms with Crippen LogP contribution in [0.5, 0.6) is 11.5 Å². The summed E-state index contributed by atoms with van der Waals surface area (Å²) >= 11 is 3.20. The lowest BCUT2D eigenvalue weighted by molar-refractivity contribution is 0.374. The smallest absolute Gasteiger partial charge is 0.194 e. The molecule has 0 radical (unpaired) electrons. The van der Waals surface area contributed by atoms with Gasteiger partial charge in [-0.3, -0.25) is 0 Å². The number of phenols is 2. The summed E-state index contributed by atoms with van der Waals surface area (Å²) < 4.78 is 14.2. The van der Waals surface area contributed by atoms with Gasteiger partial charge in [0.15, 0.2) is 17.3 Å². The second-order valence-electron chi connectivity index (χ2n) is 4.02. The molecule has 0 spiro atoms. The fraction of sp³-hybridized carbons (Fsp3) is 0.455. The average molecular weight is 290 g/mol. The molecule has 88 valence electrons. The number of rotatable bonds is 2. The maximum atomic E-state index is 13.7. The second kappa shape index (κ2) is 4.59. The SMILES string of the molecule is Oc1cc(Br)c(CC2CCCN2)c(F)c1O. The Balaban J connectivity index is 2.28. The number of nitrogens with one attached hydrogen (secondary N) is 1. The minimum atomic E-state index is -0.736. The van der Waals surface area contributed by atoms with Gasteiger partial charge in [-0.15, -0.1) is 0 Å². The van der Waals surface area contributed by atoms with Crippen LogP contribution in [0.15, 0.2) is 10.5 Å². The number of hydrogen-bond donors (Lipinski definition) is 3. The lowest BCUT2D eigenvalue weighted by atomic mass is 10.0. The summed E-state index contributed by atoms with van der Waals surface area (Å²) in [5.74, 6) is -1.84. The molecule has 1 aliphatic rings. The summed E-state index contributed by atoms with van der Waals surface area (Å²) in [5.41, 5.74) is 0.412. The van der Waals surface area contributed by atoms with Gasteiger partial charge in [-0.05, 0) is 31.9 Å². The molecule has 16 heavy (non-hydrogen) atoms. The molecule has 1 unspecified atom stereocenters. The van der Waals surface area contributed by atoms with Gasteiger partial charge in [0.25, 0.3) is 0 Å². The first kappa shape index (κ1) is 11.7. The summed E-state index contributed by atoms with van der Waals surface area (Å²) in [5, 5.41) is 21.8. The summed E-state index contributed by atoms with van der Waals surface area (Å²) in [6, 6.07) is 1.57. The number of phenolic OH excluding ortho intramolecular Hbond substituents is 2. The van der Waals surface area contributed by atoms with E-state index < -0.39 is 17.3 Å². The van der Waals surface area contributed by atoms with Crippen LogP contribution < -0.4 is 5.32 Å². The molecule has 1 aromatic carbocycles. The van der Waals surface area contributed by atoms with Crippen molar-refractivity contribution in [2.75, 3.05) is 6.54 Å². The molecule has 3 N–H and O–H groups in total. The molecular weight excluding hydrogens is 277 g/mol. The van der Waals surface area contributed by atoms with E-state index >= 15 is 0 Å². The van der Waals surface area contributed by atoms with Gasteiger partial charge in [0, 0.05) is 16.1 Å².